The van der Waals surface area contributed by atoms with E-state index in [-0.39, 0.29) is 23.1 Å². The topological polar surface area (TPSA) is 103 Å². The zero-order chi connectivity index (χ0) is 24.4. The lowest BCUT2D eigenvalue weighted by molar-refractivity contribution is 0.0690. The molecule has 1 saturated heterocycles. The monoisotopic (exact) mass is 473 g/mol. The van der Waals surface area contributed by atoms with Crippen molar-refractivity contribution in [2.75, 3.05) is 26.2 Å². The third-order valence-corrected chi connectivity index (χ3v) is 7.95. The zero-order valence-corrected chi connectivity index (χ0v) is 19.8. The van der Waals surface area contributed by atoms with Crippen molar-refractivity contribution in [2.24, 2.45) is 11.8 Å². The van der Waals surface area contributed by atoms with Gasteiger partial charge in [-0.15, -0.1) is 0 Å². The van der Waals surface area contributed by atoms with Crippen LogP contribution in [0.2, 0.25) is 0 Å². The lowest BCUT2D eigenvalue weighted by Gasteiger charge is -2.30. The maximum absolute atomic E-state index is 12.7. The first kappa shape index (κ1) is 23.4. The summed E-state index contributed by atoms with van der Waals surface area (Å²) in [7, 11) is 0. The van der Waals surface area contributed by atoms with E-state index < -0.39 is 5.97 Å². The molecule has 2 aliphatic heterocycles. The molecule has 0 bridgehead atoms. The molecule has 7 heteroatoms. The molecule has 182 valence electrons. The van der Waals surface area contributed by atoms with E-state index in [2.05, 4.69) is 16.3 Å². The van der Waals surface area contributed by atoms with Gasteiger partial charge in [0, 0.05) is 36.5 Å². The van der Waals surface area contributed by atoms with Gasteiger partial charge in [0.2, 0.25) is 0 Å². The quantitative estimate of drug-likeness (QED) is 0.656. The number of rotatable bonds is 6. The molecule has 2 atom stereocenters. The van der Waals surface area contributed by atoms with Crippen LogP contribution in [0.5, 0.6) is 5.75 Å². The van der Waals surface area contributed by atoms with Gasteiger partial charge in [0.15, 0.2) is 0 Å². The Bertz CT molecular complexity index is 1150. The van der Waals surface area contributed by atoms with Crippen LogP contribution in [0.3, 0.4) is 0 Å². The lowest BCUT2D eigenvalue weighted by atomic mass is 9.84. The molecule has 1 amide bonds. The average molecular weight is 474 g/mol. The van der Waals surface area contributed by atoms with Gasteiger partial charge in [-0.2, -0.15) is 5.26 Å². The molecule has 3 aliphatic rings. The standard InChI is InChI=1S/C28H31N3O4/c29-14-19-7-10-26-24(13-19)25-16-31(15-20(25)17-35-26)12-11-18-5-8-21(9-6-18)30-27(32)22-3-1-2-4-23(22)28(33)34/h1-4,7,10,13,18,20-21,25H,5-6,8-9,11-12,15-17H2,(H,30,32)(H,33,34)/t18?,20-,21?,25+/m0/s1. The van der Waals surface area contributed by atoms with E-state index in [1.807, 2.05) is 18.2 Å². The van der Waals surface area contributed by atoms with Crippen molar-refractivity contribution in [3.05, 3.63) is 64.7 Å². The molecule has 0 unspecified atom stereocenters. The zero-order valence-electron chi connectivity index (χ0n) is 19.8. The van der Waals surface area contributed by atoms with E-state index >= 15 is 0 Å². The number of fused-ring (bicyclic) bond motifs is 3. The highest BCUT2D eigenvalue weighted by atomic mass is 16.5. The Balaban J connectivity index is 1.09. The summed E-state index contributed by atoms with van der Waals surface area (Å²) in [6.45, 7) is 3.86. The summed E-state index contributed by atoms with van der Waals surface area (Å²) in [6, 6.07) is 14.5. The smallest absolute Gasteiger partial charge is 0.336 e. The van der Waals surface area contributed by atoms with Crippen molar-refractivity contribution in [2.45, 2.75) is 44.1 Å². The highest BCUT2D eigenvalue weighted by Crippen LogP contribution is 2.42. The van der Waals surface area contributed by atoms with Gasteiger partial charge >= 0.3 is 5.97 Å². The van der Waals surface area contributed by atoms with Crippen LogP contribution in [-0.4, -0.2) is 54.2 Å². The second kappa shape index (κ2) is 10.1. The number of nitrogens with zero attached hydrogens (tertiary/aromatic N) is 2. The highest BCUT2D eigenvalue weighted by Gasteiger charge is 2.39. The Morgan fingerprint density at radius 1 is 1.09 bits per heavy atom. The van der Waals surface area contributed by atoms with Crippen LogP contribution < -0.4 is 10.1 Å². The second-order valence-corrected chi connectivity index (χ2v) is 10.1. The second-order valence-electron chi connectivity index (χ2n) is 10.1. The minimum absolute atomic E-state index is 0.0433. The predicted octanol–water partition coefficient (Wildman–Crippen LogP) is 4.04. The number of nitrogens with one attached hydrogen (secondary N) is 1. The number of hydrogen-bond acceptors (Lipinski definition) is 5. The van der Waals surface area contributed by atoms with Gasteiger partial charge in [-0.05, 0) is 74.9 Å². The molecule has 2 aromatic rings. The third kappa shape index (κ3) is 5.03. The van der Waals surface area contributed by atoms with Crippen molar-refractivity contribution in [1.82, 2.24) is 10.2 Å². The number of carboxylic acids is 1. The third-order valence-electron chi connectivity index (χ3n) is 7.95. The molecule has 7 nitrogen and oxygen atoms in total. The summed E-state index contributed by atoms with van der Waals surface area (Å²) < 4.78 is 5.97. The Hall–Kier alpha value is -3.37. The van der Waals surface area contributed by atoms with Crippen LogP contribution in [0, 0.1) is 23.2 Å². The number of likely N-dealkylation sites (tertiary alicyclic amines) is 1. The Morgan fingerprint density at radius 2 is 1.86 bits per heavy atom. The van der Waals surface area contributed by atoms with Crippen molar-refractivity contribution in [1.29, 1.82) is 5.26 Å². The summed E-state index contributed by atoms with van der Waals surface area (Å²) in [5, 5.41) is 21.7. The minimum Gasteiger partial charge on any atom is -0.493 e. The maximum atomic E-state index is 12.7. The molecule has 0 radical (unpaired) electrons. The molecule has 1 saturated carbocycles. The van der Waals surface area contributed by atoms with Gasteiger partial charge in [-0.1, -0.05) is 12.1 Å². The van der Waals surface area contributed by atoms with Gasteiger partial charge in [0.25, 0.3) is 5.91 Å². The molecule has 2 fully saturated rings. The van der Waals surface area contributed by atoms with E-state index in [9.17, 15) is 20.0 Å². The molecular formula is C28H31N3O4. The Labute approximate surface area is 205 Å². The van der Waals surface area contributed by atoms with Gasteiger partial charge in [-0.25, -0.2) is 4.79 Å². The number of aromatic carboxylic acids is 1. The van der Waals surface area contributed by atoms with Gasteiger partial charge in [-0.3, -0.25) is 4.79 Å². The van der Waals surface area contributed by atoms with E-state index in [4.69, 9.17) is 4.74 Å². The molecule has 5 rings (SSSR count). The van der Waals surface area contributed by atoms with Gasteiger partial charge in [0.05, 0.1) is 29.4 Å². The summed E-state index contributed by atoms with van der Waals surface area (Å²) in [4.78, 5) is 26.6. The number of benzene rings is 2. The average Bonchev–Trinajstić information content (AvgIpc) is 3.31. The molecular weight excluding hydrogens is 442 g/mol. The fraction of sp³-hybridized carbons (Fsp3) is 0.464. The molecule has 0 spiro atoms. The maximum Gasteiger partial charge on any atom is 0.336 e. The Kier molecular flexibility index (Phi) is 6.74. The van der Waals surface area contributed by atoms with Crippen LogP contribution in [0.4, 0.5) is 0 Å². The van der Waals surface area contributed by atoms with Gasteiger partial charge < -0.3 is 20.1 Å². The van der Waals surface area contributed by atoms with E-state index in [1.54, 1.807) is 18.2 Å². The first-order chi connectivity index (χ1) is 17.0. The van der Waals surface area contributed by atoms with Crippen LogP contribution in [0.15, 0.2) is 42.5 Å². The van der Waals surface area contributed by atoms with Crippen LogP contribution in [-0.2, 0) is 0 Å². The molecule has 2 heterocycles. The summed E-state index contributed by atoms with van der Waals surface area (Å²) >= 11 is 0. The van der Waals surface area contributed by atoms with Crippen molar-refractivity contribution >= 4 is 11.9 Å². The van der Waals surface area contributed by atoms with Crippen LogP contribution in [0.1, 0.15) is 69.9 Å². The molecule has 2 aromatic carbocycles. The van der Waals surface area contributed by atoms with Crippen LogP contribution >= 0.6 is 0 Å². The minimum atomic E-state index is -1.08. The molecule has 35 heavy (non-hydrogen) atoms. The number of carbonyl (C=O) groups excluding carboxylic acids is 1. The van der Waals surface area contributed by atoms with Crippen molar-refractivity contribution in [3.63, 3.8) is 0 Å². The fourth-order valence-corrected chi connectivity index (χ4v) is 5.99. The van der Waals surface area contributed by atoms with Crippen molar-refractivity contribution < 1.29 is 19.4 Å². The summed E-state index contributed by atoms with van der Waals surface area (Å²) in [6.07, 6.45) is 5.14. The van der Waals surface area contributed by atoms with E-state index in [1.165, 1.54) is 11.6 Å². The summed E-state index contributed by atoms with van der Waals surface area (Å²) in [5.41, 5.74) is 2.15. The van der Waals surface area contributed by atoms with E-state index in [0.29, 0.717) is 23.3 Å². The number of amides is 1. The largest absolute Gasteiger partial charge is 0.493 e. The fourth-order valence-electron chi connectivity index (χ4n) is 5.99. The predicted molar refractivity (Wildman–Crippen MR) is 131 cm³/mol. The number of nitriles is 1. The van der Waals surface area contributed by atoms with Crippen LogP contribution in [0.25, 0.3) is 0 Å². The van der Waals surface area contributed by atoms with E-state index in [0.717, 1.165) is 64.1 Å². The molecule has 0 aromatic heterocycles. The first-order valence-electron chi connectivity index (χ1n) is 12.5. The summed E-state index contributed by atoms with van der Waals surface area (Å²) in [5.74, 6) is 1.11. The SMILES string of the molecule is N#Cc1ccc2c(c1)[C@@H]1CN(CCC3CCC(NC(=O)c4ccccc4C(=O)O)CC3)C[C@H]1CO2. The number of hydrogen-bond donors (Lipinski definition) is 2. The van der Waals surface area contributed by atoms with Crippen molar-refractivity contribution in [3.8, 4) is 11.8 Å². The first-order valence-corrected chi connectivity index (χ1v) is 12.5. The normalized spacial score (nSPS) is 25.6. The number of carbonyl (C=O) groups is 2. The number of ether oxygens (including phenoxy) is 1. The molecule has 1 aliphatic carbocycles. The highest BCUT2D eigenvalue weighted by molar-refractivity contribution is 6.04. The Morgan fingerprint density at radius 3 is 2.60 bits per heavy atom. The van der Waals surface area contributed by atoms with Gasteiger partial charge in [0.1, 0.15) is 5.75 Å². The lowest BCUT2D eigenvalue weighted by Crippen LogP contribution is -2.38. The molecule has 2 N–H and O–H groups in total. The number of carboxylic acid groups (broad SMARTS) is 1.